The molecular weight excluding hydrogens is 624 g/mol. The molecule has 2 aliphatic carbocycles. The van der Waals surface area contributed by atoms with Crippen molar-refractivity contribution in [2.24, 2.45) is 23.7 Å². The van der Waals surface area contributed by atoms with Crippen LogP contribution in [0.1, 0.15) is 118 Å². The maximum absolute atomic E-state index is 13.7. The number of hydrogen-bond donors (Lipinski definition) is 4. The first-order valence-corrected chi connectivity index (χ1v) is 18.3. The second kappa shape index (κ2) is 18.9. The summed E-state index contributed by atoms with van der Waals surface area (Å²) in [5, 5.41) is 11.8. The van der Waals surface area contributed by atoms with Gasteiger partial charge in [-0.2, -0.15) is 0 Å². The summed E-state index contributed by atoms with van der Waals surface area (Å²) in [5.41, 5.74) is 0.248. The van der Waals surface area contributed by atoms with E-state index in [2.05, 4.69) is 21.3 Å². The average molecular weight is 685 g/mol. The van der Waals surface area contributed by atoms with E-state index in [1.54, 1.807) is 34.6 Å². The third-order valence-electron chi connectivity index (χ3n) is 9.95. The van der Waals surface area contributed by atoms with Crippen LogP contribution in [0.15, 0.2) is 30.3 Å². The molecule has 11 heteroatoms. The zero-order chi connectivity index (χ0) is 36.1. The Labute approximate surface area is 292 Å². The first-order valence-electron chi connectivity index (χ1n) is 18.3. The monoisotopic (exact) mass is 684 g/mol. The molecule has 2 saturated carbocycles. The SMILES string of the molecule is CC[C@@H](C(=O)N[C@H](C)C(=O)N[C@@H]1CCCC[C@@H]1[C@@H](CC)C(=O)OCc1ccccc1)[C@H]1CCCC[C@H]1NC(=O)[C@@H](C)NC(=O)OC(C)(C)C. The van der Waals surface area contributed by atoms with E-state index in [-0.39, 0.29) is 60.1 Å². The standard InChI is InChI=1S/C38H60N4O7/c1-8-27(29-19-13-15-21-31(29)41-34(44)25(4)40-37(47)49-38(5,6)7)35(45)39-24(3)33(43)42-32-22-16-14-20-30(32)28(9-2)36(46)48-23-26-17-11-10-12-18-26/h10-12,17-18,24-25,27-32H,8-9,13-16,19-23H2,1-7H3,(H,39,45)(H,40,47)(H,41,44)(H,42,43)/t24-,25-,27-,28-,29-,30-,31-,32-/m1/s1. The van der Waals surface area contributed by atoms with E-state index in [0.29, 0.717) is 12.8 Å². The fraction of sp³-hybridized carbons (Fsp3) is 0.711. The molecule has 1 aromatic carbocycles. The second-order valence-electron chi connectivity index (χ2n) is 14.8. The Bertz CT molecular complexity index is 1250. The van der Waals surface area contributed by atoms with E-state index in [4.69, 9.17) is 9.47 Å². The minimum absolute atomic E-state index is 0.0453. The lowest BCUT2D eigenvalue weighted by molar-refractivity contribution is -0.153. The lowest BCUT2D eigenvalue weighted by atomic mass is 9.74. The highest BCUT2D eigenvalue weighted by molar-refractivity contribution is 5.89. The molecule has 8 atom stereocenters. The molecule has 0 heterocycles. The van der Waals surface area contributed by atoms with E-state index >= 15 is 0 Å². The van der Waals surface area contributed by atoms with Crippen LogP contribution in [0.5, 0.6) is 0 Å². The van der Waals surface area contributed by atoms with Crippen molar-refractivity contribution < 1.29 is 33.4 Å². The van der Waals surface area contributed by atoms with Gasteiger partial charge >= 0.3 is 12.1 Å². The molecule has 49 heavy (non-hydrogen) atoms. The number of nitrogens with one attached hydrogen (secondary N) is 4. The number of esters is 1. The van der Waals surface area contributed by atoms with Crippen LogP contribution in [0.3, 0.4) is 0 Å². The van der Waals surface area contributed by atoms with Crippen LogP contribution < -0.4 is 21.3 Å². The van der Waals surface area contributed by atoms with Gasteiger partial charge < -0.3 is 30.7 Å². The quantitative estimate of drug-likeness (QED) is 0.188. The summed E-state index contributed by atoms with van der Waals surface area (Å²) in [4.78, 5) is 65.7. The topological polar surface area (TPSA) is 152 Å². The van der Waals surface area contributed by atoms with E-state index in [0.717, 1.165) is 56.9 Å². The van der Waals surface area contributed by atoms with Crippen LogP contribution in [0, 0.1) is 23.7 Å². The Kier molecular flexibility index (Phi) is 15.4. The summed E-state index contributed by atoms with van der Waals surface area (Å²) in [7, 11) is 0. The molecule has 2 fully saturated rings. The number of benzene rings is 1. The number of alkyl carbamates (subject to hydrolysis) is 1. The number of carbonyl (C=O) groups excluding carboxylic acids is 5. The lowest BCUT2D eigenvalue weighted by Crippen LogP contribution is -2.55. The van der Waals surface area contributed by atoms with Crippen LogP contribution in [-0.2, 0) is 35.3 Å². The smallest absolute Gasteiger partial charge is 0.408 e. The Hall–Kier alpha value is -3.63. The Morgan fingerprint density at radius 2 is 1.20 bits per heavy atom. The summed E-state index contributed by atoms with van der Waals surface area (Å²) in [5.74, 6) is -1.95. The molecule has 3 rings (SSSR count). The van der Waals surface area contributed by atoms with Crippen LogP contribution in [-0.4, -0.2) is 59.6 Å². The molecule has 0 unspecified atom stereocenters. The summed E-state index contributed by atoms with van der Waals surface area (Å²) in [6.07, 6.45) is 7.40. The van der Waals surface area contributed by atoms with Crippen LogP contribution in [0.25, 0.3) is 0 Å². The predicted molar refractivity (Wildman–Crippen MR) is 188 cm³/mol. The third kappa shape index (κ3) is 12.3. The van der Waals surface area contributed by atoms with E-state index in [9.17, 15) is 24.0 Å². The fourth-order valence-electron chi connectivity index (χ4n) is 7.35. The average Bonchev–Trinajstić information content (AvgIpc) is 3.05. The third-order valence-corrected chi connectivity index (χ3v) is 9.95. The van der Waals surface area contributed by atoms with Gasteiger partial charge in [-0.15, -0.1) is 0 Å². The highest BCUT2D eigenvalue weighted by Gasteiger charge is 2.39. The number of hydrogen-bond acceptors (Lipinski definition) is 7. The summed E-state index contributed by atoms with van der Waals surface area (Å²) >= 11 is 0. The zero-order valence-corrected chi connectivity index (χ0v) is 30.6. The van der Waals surface area contributed by atoms with E-state index in [1.165, 1.54) is 0 Å². The van der Waals surface area contributed by atoms with Gasteiger partial charge in [0.25, 0.3) is 0 Å². The number of carbonyl (C=O) groups is 5. The van der Waals surface area contributed by atoms with Crippen molar-refractivity contribution in [3.63, 3.8) is 0 Å². The summed E-state index contributed by atoms with van der Waals surface area (Å²) in [6.45, 7) is 12.7. The van der Waals surface area contributed by atoms with Crippen molar-refractivity contribution in [2.45, 2.75) is 149 Å². The van der Waals surface area contributed by atoms with Gasteiger partial charge in [-0.1, -0.05) is 69.9 Å². The number of rotatable bonds is 14. The molecule has 0 saturated heterocycles. The minimum Gasteiger partial charge on any atom is -0.461 e. The Balaban J connectivity index is 1.58. The summed E-state index contributed by atoms with van der Waals surface area (Å²) in [6, 6.07) is 7.59. The van der Waals surface area contributed by atoms with Gasteiger partial charge in [0.05, 0.1) is 5.92 Å². The van der Waals surface area contributed by atoms with E-state index < -0.39 is 29.7 Å². The fourth-order valence-corrected chi connectivity index (χ4v) is 7.35. The van der Waals surface area contributed by atoms with Crippen molar-refractivity contribution in [3.8, 4) is 0 Å². The van der Waals surface area contributed by atoms with Crippen LogP contribution in [0.4, 0.5) is 4.79 Å². The van der Waals surface area contributed by atoms with Gasteiger partial charge in [-0.25, -0.2) is 4.79 Å². The van der Waals surface area contributed by atoms with Crippen molar-refractivity contribution in [2.75, 3.05) is 0 Å². The van der Waals surface area contributed by atoms with Crippen molar-refractivity contribution >= 4 is 29.8 Å². The molecule has 4 N–H and O–H groups in total. The van der Waals surface area contributed by atoms with Gasteiger partial charge in [0.1, 0.15) is 24.3 Å². The largest absolute Gasteiger partial charge is 0.461 e. The predicted octanol–water partition coefficient (Wildman–Crippen LogP) is 5.55. The Morgan fingerprint density at radius 1 is 0.714 bits per heavy atom. The molecule has 0 spiro atoms. The van der Waals surface area contributed by atoms with Gasteiger partial charge in [0.15, 0.2) is 0 Å². The summed E-state index contributed by atoms with van der Waals surface area (Å²) < 4.78 is 11.0. The van der Waals surface area contributed by atoms with Crippen molar-refractivity contribution in [1.29, 1.82) is 0 Å². The molecule has 1 aromatic rings. The molecule has 11 nitrogen and oxygen atoms in total. The molecule has 2 aliphatic rings. The maximum atomic E-state index is 13.7. The van der Waals surface area contributed by atoms with Gasteiger partial charge in [0.2, 0.25) is 17.7 Å². The van der Waals surface area contributed by atoms with Gasteiger partial charge in [-0.05, 0) is 90.5 Å². The minimum atomic E-state index is -0.809. The maximum Gasteiger partial charge on any atom is 0.408 e. The Morgan fingerprint density at radius 3 is 1.71 bits per heavy atom. The normalized spacial score (nSPS) is 23.5. The van der Waals surface area contributed by atoms with Gasteiger partial charge in [0, 0.05) is 18.0 Å². The first-order chi connectivity index (χ1) is 23.2. The zero-order valence-electron chi connectivity index (χ0n) is 30.6. The molecule has 4 amide bonds. The van der Waals surface area contributed by atoms with Crippen molar-refractivity contribution in [1.82, 2.24) is 21.3 Å². The second-order valence-corrected chi connectivity index (χ2v) is 14.8. The van der Waals surface area contributed by atoms with Crippen LogP contribution >= 0.6 is 0 Å². The molecule has 274 valence electrons. The first kappa shape index (κ1) is 39.8. The molecule has 0 radical (unpaired) electrons. The highest BCUT2D eigenvalue weighted by atomic mass is 16.6. The van der Waals surface area contributed by atoms with Crippen LogP contribution in [0.2, 0.25) is 0 Å². The molecular formula is C38H60N4O7. The molecule has 0 aliphatic heterocycles. The van der Waals surface area contributed by atoms with Crippen molar-refractivity contribution in [3.05, 3.63) is 35.9 Å². The molecule has 0 aromatic heterocycles. The number of ether oxygens (including phenoxy) is 2. The molecule has 0 bridgehead atoms. The van der Waals surface area contributed by atoms with E-state index in [1.807, 2.05) is 44.2 Å². The lowest BCUT2D eigenvalue weighted by Gasteiger charge is -2.38. The number of amides is 4. The highest BCUT2D eigenvalue weighted by Crippen LogP contribution is 2.34. The van der Waals surface area contributed by atoms with Gasteiger partial charge in [-0.3, -0.25) is 19.2 Å².